The number of hydrogen-bond acceptors (Lipinski definition) is 3. The molecule has 1 aliphatic rings. The van der Waals surface area contributed by atoms with Gasteiger partial charge in [0.15, 0.2) is 0 Å². The normalized spacial score (nSPS) is 21.9. The molecule has 14 heavy (non-hydrogen) atoms. The van der Waals surface area contributed by atoms with Crippen molar-refractivity contribution in [1.82, 2.24) is 4.90 Å². The molecule has 0 aromatic rings. The zero-order chi connectivity index (χ0) is 10.6. The third-order valence-corrected chi connectivity index (χ3v) is 3.15. The highest BCUT2D eigenvalue weighted by atomic mass is 16.5. The van der Waals surface area contributed by atoms with Gasteiger partial charge in [-0.3, -0.25) is 4.90 Å². The number of morpholine rings is 1. The summed E-state index contributed by atoms with van der Waals surface area (Å²) in [4.78, 5) is 2.41. The minimum atomic E-state index is 0.0397. The molecule has 3 heteroatoms. The first-order valence-electron chi connectivity index (χ1n) is 5.28. The maximum Gasteiger partial charge on any atom is 0.0594 e. The third-order valence-electron chi connectivity index (χ3n) is 3.15. The van der Waals surface area contributed by atoms with E-state index in [1.165, 1.54) is 0 Å². The van der Waals surface area contributed by atoms with Crippen LogP contribution in [0.25, 0.3) is 0 Å². The molecule has 1 atom stereocenters. The van der Waals surface area contributed by atoms with Crippen LogP contribution in [0.15, 0.2) is 12.7 Å². The molecular weight excluding hydrogens is 176 g/mol. The number of ether oxygens (including phenoxy) is 1. The Bertz CT molecular complexity index is 186. The van der Waals surface area contributed by atoms with E-state index in [2.05, 4.69) is 25.3 Å². The highest BCUT2D eigenvalue weighted by molar-refractivity contribution is 4.95. The summed E-state index contributed by atoms with van der Waals surface area (Å²) in [5, 5.41) is 0. The number of nitrogens with two attached hydrogens (primary N) is 1. The quantitative estimate of drug-likeness (QED) is 0.685. The monoisotopic (exact) mass is 198 g/mol. The van der Waals surface area contributed by atoms with Gasteiger partial charge in [0.2, 0.25) is 0 Å². The van der Waals surface area contributed by atoms with Gasteiger partial charge in [-0.05, 0) is 20.3 Å². The Morgan fingerprint density at radius 1 is 1.50 bits per heavy atom. The van der Waals surface area contributed by atoms with Crippen LogP contribution in [0.1, 0.15) is 20.3 Å². The van der Waals surface area contributed by atoms with Gasteiger partial charge < -0.3 is 10.5 Å². The lowest BCUT2D eigenvalue weighted by molar-refractivity contribution is -0.0183. The van der Waals surface area contributed by atoms with Crippen LogP contribution in [0.4, 0.5) is 0 Å². The van der Waals surface area contributed by atoms with Crippen molar-refractivity contribution in [2.24, 2.45) is 5.73 Å². The molecule has 1 unspecified atom stereocenters. The van der Waals surface area contributed by atoms with Crippen LogP contribution >= 0.6 is 0 Å². The molecule has 1 rings (SSSR count). The standard InChI is InChI=1S/C11H22N2O/c1-4-5-10(12)11(2,3)13-6-8-14-9-7-13/h4,10H,1,5-9,12H2,2-3H3. The third kappa shape index (κ3) is 2.56. The van der Waals surface area contributed by atoms with Crippen LogP contribution in [0.2, 0.25) is 0 Å². The highest BCUT2D eigenvalue weighted by Gasteiger charge is 2.33. The average molecular weight is 198 g/mol. The Hall–Kier alpha value is -0.380. The van der Waals surface area contributed by atoms with Crippen molar-refractivity contribution >= 4 is 0 Å². The van der Waals surface area contributed by atoms with Crippen molar-refractivity contribution in [3.8, 4) is 0 Å². The molecule has 0 amide bonds. The van der Waals surface area contributed by atoms with E-state index >= 15 is 0 Å². The maximum absolute atomic E-state index is 6.14. The van der Waals surface area contributed by atoms with Gasteiger partial charge in [0.1, 0.15) is 0 Å². The second-order valence-electron chi connectivity index (χ2n) is 4.38. The topological polar surface area (TPSA) is 38.5 Å². The SMILES string of the molecule is C=CCC(N)C(C)(C)N1CCOCC1. The predicted octanol–water partition coefficient (Wildman–Crippen LogP) is 1.00. The number of hydrogen-bond donors (Lipinski definition) is 1. The van der Waals surface area contributed by atoms with Crippen LogP contribution in [-0.2, 0) is 4.74 Å². The minimum absolute atomic E-state index is 0.0397. The molecule has 1 heterocycles. The Morgan fingerprint density at radius 2 is 2.07 bits per heavy atom. The molecule has 0 aliphatic carbocycles. The summed E-state index contributed by atoms with van der Waals surface area (Å²) in [7, 11) is 0. The summed E-state index contributed by atoms with van der Waals surface area (Å²) in [5.41, 5.74) is 6.18. The van der Waals surface area contributed by atoms with Crippen molar-refractivity contribution in [3.63, 3.8) is 0 Å². The maximum atomic E-state index is 6.14. The molecule has 1 fully saturated rings. The van der Waals surface area contributed by atoms with Crippen LogP contribution < -0.4 is 5.73 Å². The number of rotatable bonds is 4. The lowest BCUT2D eigenvalue weighted by atomic mass is 9.90. The Labute approximate surface area is 86.9 Å². The van der Waals surface area contributed by atoms with Gasteiger partial charge in [0, 0.05) is 24.7 Å². The lowest BCUT2D eigenvalue weighted by Gasteiger charge is -2.44. The fourth-order valence-electron chi connectivity index (χ4n) is 1.84. The molecule has 0 aromatic heterocycles. The van der Waals surface area contributed by atoms with Crippen molar-refractivity contribution in [2.75, 3.05) is 26.3 Å². The Morgan fingerprint density at radius 3 is 2.57 bits per heavy atom. The smallest absolute Gasteiger partial charge is 0.0594 e. The summed E-state index contributed by atoms with van der Waals surface area (Å²) >= 11 is 0. The van der Waals surface area contributed by atoms with E-state index in [0.717, 1.165) is 32.7 Å². The zero-order valence-corrected chi connectivity index (χ0v) is 9.33. The van der Waals surface area contributed by atoms with Crippen LogP contribution in [0, 0.1) is 0 Å². The molecular formula is C11H22N2O. The molecule has 3 nitrogen and oxygen atoms in total. The van der Waals surface area contributed by atoms with Crippen LogP contribution in [0.5, 0.6) is 0 Å². The number of nitrogens with zero attached hydrogens (tertiary/aromatic N) is 1. The summed E-state index contributed by atoms with van der Waals surface area (Å²) in [5.74, 6) is 0. The van der Waals surface area contributed by atoms with E-state index in [1.54, 1.807) is 0 Å². The summed E-state index contributed by atoms with van der Waals surface area (Å²) < 4.78 is 5.33. The van der Waals surface area contributed by atoms with Gasteiger partial charge in [-0.2, -0.15) is 0 Å². The zero-order valence-electron chi connectivity index (χ0n) is 9.33. The summed E-state index contributed by atoms with van der Waals surface area (Å²) in [6, 6.07) is 0.151. The van der Waals surface area contributed by atoms with Crippen molar-refractivity contribution in [2.45, 2.75) is 31.8 Å². The van der Waals surface area contributed by atoms with Crippen LogP contribution in [0.3, 0.4) is 0 Å². The van der Waals surface area contributed by atoms with Crippen molar-refractivity contribution < 1.29 is 4.74 Å². The van der Waals surface area contributed by atoms with Gasteiger partial charge in [-0.25, -0.2) is 0 Å². The summed E-state index contributed by atoms with van der Waals surface area (Å²) in [6.07, 6.45) is 2.76. The largest absolute Gasteiger partial charge is 0.379 e. The van der Waals surface area contributed by atoms with E-state index in [1.807, 2.05) is 6.08 Å². The Balaban J connectivity index is 2.56. The summed E-state index contributed by atoms with van der Waals surface area (Å²) in [6.45, 7) is 11.8. The lowest BCUT2D eigenvalue weighted by Crippen LogP contribution is -2.58. The van der Waals surface area contributed by atoms with Gasteiger partial charge in [-0.1, -0.05) is 6.08 Å². The first-order valence-corrected chi connectivity index (χ1v) is 5.28. The second kappa shape index (κ2) is 4.91. The van der Waals surface area contributed by atoms with Crippen molar-refractivity contribution in [3.05, 3.63) is 12.7 Å². The van der Waals surface area contributed by atoms with E-state index in [9.17, 15) is 0 Å². The van der Waals surface area contributed by atoms with Gasteiger partial charge in [-0.15, -0.1) is 6.58 Å². The fourth-order valence-corrected chi connectivity index (χ4v) is 1.84. The van der Waals surface area contributed by atoms with E-state index in [0.29, 0.717) is 0 Å². The van der Waals surface area contributed by atoms with E-state index < -0.39 is 0 Å². The fraction of sp³-hybridized carbons (Fsp3) is 0.818. The second-order valence-corrected chi connectivity index (χ2v) is 4.38. The molecule has 0 spiro atoms. The van der Waals surface area contributed by atoms with Crippen LogP contribution in [-0.4, -0.2) is 42.8 Å². The van der Waals surface area contributed by atoms with Gasteiger partial charge in [0.25, 0.3) is 0 Å². The average Bonchev–Trinajstić information content (AvgIpc) is 2.19. The predicted molar refractivity (Wildman–Crippen MR) is 59.3 cm³/mol. The molecule has 1 saturated heterocycles. The molecule has 0 saturated carbocycles. The first kappa shape index (κ1) is 11.7. The molecule has 0 radical (unpaired) electrons. The Kier molecular flexibility index (Phi) is 4.11. The van der Waals surface area contributed by atoms with Crippen molar-refractivity contribution in [1.29, 1.82) is 0 Å². The first-order chi connectivity index (χ1) is 6.59. The molecule has 0 bridgehead atoms. The molecule has 1 aliphatic heterocycles. The highest BCUT2D eigenvalue weighted by Crippen LogP contribution is 2.21. The van der Waals surface area contributed by atoms with Gasteiger partial charge >= 0.3 is 0 Å². The minimum Gasteiger partial charge on any atom is -0.379 e. The van der Waals surface area contributed by atoms with E-state index in [-0.39, 0.29) is 11.6 Å². The van der Waals surface area contributed by atoms with Gasteiger partial charge in [0.05, 0.1) is 13.2 Å². The van der Waals surface area contributed by atoms with E-state index in [4.69, 9.17) is 10.5 Å². The molecule has 0 aromatic carbocycles. The molecule has 2 N–H and O–H groups in total. The molecule has 82 valence electrons.